The predicted octanol–water partition coefficient (Wildman–Crippen LogP) is 6.20. The molecule has 92 valence electrons. The van der Waals surface area contributed by atoms with Crippen LogP contribution in [-0.4, -0.2) is 0 Å². The molecule has 0 radical (unpaired) electrons. The van der Waals surface area contributed by atoms with E-state index >= 15 is 0 Å². The van der Waals surface area contributed by atoms with Crippen LogP contribution in [0.15, 0.2) is 24.3 Å². The van der Waals surface area contributed by atoms with Gasteiger partial charge in [-0.15, -0.1) is 0 Å². The van der Waals surface area contributed by atoms with Crippen LogP contribution in [0.2, 0.25) is 20.1 Å². The van der Waals surface area contributed by atoms with Crippen LogP contribution in [0.5, 0.6) is 23.0 Å². The van der Waals surface area contributed by atoms with Gasteiger partial charge in [0.2, 0.25) is 0 Å². The minimum atomic E-state index is 0.356. The zero-order valence-electron chi connectivity index (χ0n) is 8.64. The number of hydrogen-bond acceptors (Lipinski definition) is 2. The third kappa shape index (κ3) is 1.99. The molecule has 0 unspecified atom stereocenters. The van der Waals surface area contributed by atoms with Crippen molar-refractivity contribution in [1.29, 1.82) is 0 Å². The van der Waals surface area contributed by atoms with Crippen LogP contribution < -0.4 is 9.47 Å². The minimum Gasteiger partial charge on any atom is -0.449 e. The van der Waals surface area contributed by atoms with E-state index in [-0.39, 0.29) is 0 Å². The molecule has 1 aliphatic heterocycles. The Morgan fingerprint density at radius 2 is 1.06 bits per heavy atom. The van der Waals surface area contributed by atoms with Crippen LogP contribution in [0.1, 0.15) is 0 Å². The SMILES string of the molecule is Clc1cc(Cl)c2c(c1)Oc1cc(Cl)cc(Cl)c1O2. The lowest BCUT2D eigenvalue weighted by Gasteiger charge is -2.22. The van der Waals surface area contributed by atoms with Crippen LogP contribution in [0.4, 0.5) is 0 Å². The Morgan fingerprint density at radius 3 is 1.50 bits per heavy atom. The lowest BCUT2D eigenvalue weighted by Crippen LogP contribution is -2.00. The van der Waals surface area contributed by atoms with E-state index in [1.54, 1.807) is 24.3 Å². The molecule has 0 amide bonds. The summed E-state index contributed by atoms with van der Waals surface area (Å²) in [6.45, 7) is 0. The van der Waals surface area contributed by atoms with Gasteiger partial charge in [0.1, 0.15) is 0 Å². The van der Waals surface area contributed by atoms with E-state index in [2.05, 4.69) is 0 Å². The Balaban J connectivity index is 2.18. The summed E-state index contributed by atoms with van der Waals surface area (Å²) in [7, 11) is 0. The van der Waals surface area contributed by atoms with Gasteiger partial charge < -0.3 is 9.47 Å². The van der Waals surface area contributed by atoms with Crippen molar-refractivity contribution in [3.8, 4) is 23.0 Å². The molecule has 0 saturated heterocycles. The Hall–Kier alpha value is -0.800. The molecule has 0 spiro atoms. The van der Waals surface area contributed by atoms with E-state index in [9.17, 15) is 0 Å². The summed E-state index contributed by atoms with van der Waals surface area (Å²) >= 11 is 23.9. The molecular formula is C12H4Cl4O2. The Kier molecular flexibility index (Phi) is 2.99. The van der Waals surface area contributed by atoms with Gasteiger partial charge in [0.05, 0.1) is 10.0 Å². The molecule has 2 nitrogen and oxygen atoms in total. The number of hydrogen-bond donors (Lipinski definition) is 0. The first-order chi connectivity index (χ1) is 8.54. The summed E-state index contributed by atoms with van der Waals surface area (Å²) < 4.78 is 11.3. The molecule has 0 atom stereocenters. The van der Waals surface area contributed by atoms with Gasteiger partial charge in [-0.25, -0.2) is 0 Å². The topological polar surface area (TPSA) is 18.5 Å². The van der Waals surface area contributed by atoms with Crippen LogP contribution in [-0.2, 0) is 0 Å². The van der Waals surface area contributed by atoms with Gasteiger partial charge in [0.25, 0.3) is 0 Å². The molecule has 18 heavy (non-hydrogen) atoms. The molecule has 2 aromatic rings. The van der Waals surface area contributed by atoms with Gasteiger partial charge in [-0.3, -0.25) is 0 Å². The van der Waals surface area contributed by atoms with Crippen molar-refractivity contribution in [3.63, 3.8) is 0 Å². The van der Waals surface area contributed by atoms with E-state index in [1.165, 1.54) is 0 Å². The van der Waals surface area contributed by atoms with Gasteiger partial charge >= 0.3 is 0 Å². The predicted molar refractivity (Wildman–Crippen MR) is 73.1 cm³/mol. The second-order valence-electron chi connectivity index (χ2n) is 3.63. The van der Waals surface area contributed by atoms with Crippen molar-refractivity contribution < 1.29 is 9.47 Å². The normalized spacial score (nSPS) is 12.2. The van der Waals surface area contributed by atoms with Gasteiger partial charge in [0.15, 0.2) is 23.0 Å². The van der Waals surface area contributed by atoms with Crippen LogP contribution in [0, 0.1) is 0 Å². The van der Waals surface area contributed by atoms with Gasteiger partial charge in [-0.1, -0.05) is 46.4 Å². The molecule has 3 rings (SSSR count). The van der Waals surface area contributed by atoms with Crippen molar-refractivity contribution in [2.75, 3.05) is 0 Å². The van der Waals surface area contributed by atoms with Crippen molar-refractivity contribution >= 4 is 46.4 Å². The second-order valence-corrected chi connectivity index (χ2v) is 5.32. The monoisotopic (exact) mass is 320 g/mol. The van der Waals surface area contributed by atoms with Gasteiger partial charge in [0, 0.05) is 22.2 Å². The highest BCUT2D eigenvalue weighted by Crippen LogP contribution is 2.52. The zero-order valence-corrected chi connectivity index (χ0v) is 11.7. The van der Waals surface area contributed by atoms with Crippen LogP contribution in [0.25, 0.3) is 0 Å². The molecule has 0 bridgehead atoms. The number of rotatable bonds is 0. The molecule has 1 heterocycles. The third-order valence-electron chi connectivity index (χ3n) is 2.37. The smallest absolute Gasteiger partial charge is 0.188 e. The Labute approximate surface area is 123 Å². The molecule has 0 aliphatic carbocycles. The zero-order chi connectivity index (χ0) is 12.9. The Bertz CT molecular complexity index is 600. The van der Waals surface area contributed by atoms with Gasteiger partial charge in [-0.2, -0.15) is 0 Å². The Morgan fingerprint density at radius 1 is 0.611 bits per heavy atom. The maximum atomic E-state index is 6.04. The average Bonchev–Trinajstić information content (AvgIpc) is 2.26. The summed E-state index contributed by atoms with van der Waals surface area (Å²) in [6.07, 6.45) is 0. The fraction of sp³-hybridized carbons (Fsp3) is 0. The van der Waals surface area contributed by atoms with E-state index in [4.69, 9.17) is 55.9 Å². The molecule has 1 aliphatic rings. The van der Waals surface area contributed by atoms with E-state index in [1.807, 2.05) is 0 Å². The average molecular weight is 322 g/mol. The van der Waals surface area contributed by atoms with E-state index < -0.39 is 0 Å². The minimum absolute atomic E-state index is 0.356. The number of ether oxygens (including phenoxy) is 2. The largest absolute Gasteiger partial charge is 0.449 e. The summed E-state index contributed by atoms with van der Waals surface area (Å²) in [5.41, 5.74) is 0. The number of fused-ring (bicyclic) bond motifs is 2. The lowest BCUT2D eigenvalue weighted by atomic mass is 10.2. The summed E-state index contributed by atoms with van der Waals surface area (Å²) in [6, 6.07) is 6.36. The molecule has 0 N–H and O–H groups in total. The first kappa shape index (κ1) is 12.2. The third-order valence-corrected chi connectivity index (χ3v) is 3.37. The van der Waals surface area contributed by atoms with Crippen molar-refractivity contribution in [2.45, 2.75) is 0 Å². The summed E-state index contributed by atoms with van der Waals surface area (Å²) in [5, 5.41) is 1.63. The summed E-state index contributed by atoms with van der Waals surface area (Å²) in [5.74, 6) is 1.63. The molecule has 0 fully saturated rings. The van der Waals surface area contributed by atoms with E-state index in [0.29, 0.717) is 43.1 Å². The van der Waals surface area contributed by atoms with Crippen molar-refractivity contribution in [2.24, 2.45) is 0 Å². The lowest BCUT2D eigenvalue weighted by molar-refractivity contribution is 0.360. The highest BCUT2D eigenvalue weighted by molar-refractivity contribution is 6.37. The van der Waals surface area contributed by atoms with E-state index in [0.717, 1.165) is 0 Å². The number of halogens is 4. The maximum absolute atomic E-state index is 6.04. The van der Waals surface area contributed by atoms with Gasteiger partial charge in [-0.05, 0) is 12.1 Å². The van der Waals surface area contributed by atoms with Crippen LogP contribution >= 0.6 is 46.4 Å². The molecule has 0 saturated carbocycles. The highest BCUT2D eigenvalue weighted by Gasteiger charge is 2.24. The maximum Gasteiger partial charge on any atom is 0.188 e. The highest BCUT2D eigenvalue weighted by atomic mass is 35.5. The quantitative estimate of drug-likeness (QED) is 0.491. The van der Waals surface area contributed by atoms with Crippen molar-refractivity contribution in [1.82, 2.24) is 0 Å². The fourth-order valence-electron chi connectivity index (χ4n) is 1.64. The van der Waals surface area contributed by atoms with Crippen molar-refractivity contribution in [3.05, 3.63) is 44.4 Å². The summed E-state index contributed by atoms with van der Waals surface area (Å²) in [4.78, 5) is 0. The molecule has 6 heteroatoms. The first-order valence-electron chi connectivity index (χ1n) is 4.88. The molecular weight excluding hydrogens is 318 g/mol. The standard InChI is InChI=1S/C12H4Cl4O2/c13-5-1-7(15)11-9(3-5)17-10-4-6(14)2-8(16)12(10)18-11/h1-4H. The molecule has 2 aromatic carbocycles. The first-order valence-corrected chi connectivity index (χ1v) is 6.39. The second kappa shape index (κ2) is 4.39. The van der Waals surface area contributed by atoms with Crippen LogP contribution in [0.3, 0.4) is 0 Å². The molecule has 0 aromatic heterocycles. The number of benzene rings is 2. The fourth-order valence-corrected chi connectivity index (χ4v) is 2.67.